The molecule has 2 amide bonds. The average molecular weight is 360 g/mol. The van der Waals surface area contributed by atoms with Crippen LogP contribution in [0.3, 0.4) is 0 Å². The summed E-state index contributed by atoms with van der Waals surface area (Å²) in [7, 11) is 0. The number of aryl methyl sites for hydroxylation is 1. The van der Waals surface area contributed by atoms with Crippen LogP contribution < -0.4 is 0 Å². The number of nitrogens with zero attached hydrogens (tertiary/aromatic N) is 4. The van der Waals surface area contributed by atoms with Crippen molar-refractivity contribution in [2.75, 3.05) is 26.2 Å². The van der Waals surface area contributed by atoms with Crippen LogP contribution in [0.15, 0.2) is 48.5 Å². The van der Waals surface area contributed by atoms with E-state index in [0.717, 1.165) is 32.7 Å². The number of benzene rings is 2. The number of hydrogen-bond acceptors (Lipinski definition) is 3. The molecule has 138 valence electrons. The van der Waals surface area contributed by atoms with Crippen molar-refractivity contribution >= 4 is 6.03 Å². The lowest BCUT2D eigenvalue weighted by Gasteiger charge is -2.36. The minimum Gasteiger partial charge on any atom is -0.318 e. The molecule has 0 spiro atoms. The molecule has 0 unspecified atom stereocenters. The second-order valence-electron chi connectivity index (χ2n) is 7.54. The van der Waals surface area contributed by atoms with E-state index < -0.39 is 0 Å². The number of piperazine rings is 1. The summed E-state index contributed by atoms with van der Waals surface area (Å²) in [5, 5.41) is 8.92. The summed E-state index contributed by atoms with van der Waals surface area (Å²) < 4.78 is 0. The first-order valence-electron chi connectivity index (χ1n) is 9.45. The van der Waals surface area contributed by atoms with Crippen LogP contribution in [0.2, 0.25) is 0 Å². The van der Waals surface area contributed by atoms with Gasteiger partial charge in [-0.25, -0.2) is 4.79 Å². The number of nitriles is 1. The smallest absolute Gasteiger partial charge is 0.318 e. The number of hydrogen-bond donors (Lipinski definition) is 0. The van der Waals surface area contributed by atoms with E-state index in [1.165, 1.54) is 16.7 Å². The molecule has 2 fully saturated rings. The highest BCUT2D eigenvalue weighted by molar-refractivity contribution is 5.77. The second kappa shape index (κ2) is 7.42. The van der Waals surface area contributed by atoms with Crippen LogP contribution in [0.4, 0.5) is 4.79 Å². The van der Waals surface area contributed by atoms with E-state index in [4.69, 9.17) is 5.26 Å². The van der Waals surface area contributed by atoms with E-state index in [1.54, 1.807) is 0 Å². The molecule has 2 aliphatic rings. The van der Waals surface area contributed by atoms with Crippen LogP contribution in [0.25, 0.3) is 0 Å². The first-order chi connectivity index (χ1) is 13.1. The van der Waals surface area contributed by atoms with Crippen molar-refractivity contribution in [1.29, 1.82) is 5.26 Å². The lowest BCUT2D eigenvalue weighted by atomic mass is 10.1. The highest BCUT2D eigenvalue weighted by Crippen LogP contribution is 2.23. The first kappa shape index (κ1) is 17.6. The molecule has 5 heteroatoms. The van der Waals surface area contributed by atoms with Crippen LogP contribution in [-0.4, -0.2) is 53.0 Å². The second-order valence-corrected chi connectivity index (χ2v) is 7.54. The fraction of sp³-hybridized carbons (Fsp3) is 0.364. The molecule has 1 atom stereocenters. The summed E-state index contributed by atoms with van der Waals surface area (Å²) >= 11 is 0. The molecule has 2 aromatic carbocycles. The number of rotatable bonds is 4. The van der Waals surface area contributed by atoms with Gasteiger partial charge < -0.3 is 9.80 Å². The molecule has 0 bridgehead atoms. The van der Waals surface area contributed by atoms with Gasteiger partial charge in [0.1, 0.15) is 0 Å². The van der Waals surface area contributed by atoms with Gasteiger partial charge in [-0.3, -0.25) is 4.90 Å². The number of carbonyl (C=O) groups is 1. The van der Waals surface area contributed by atoms with Crippen LogP contribution in [0.1, 0.15) is 22.3 Å². The summed E-state index contributed by atoms with van der Waals surface area (Å²) in [6.07, 6.45) is 0. The van der Waals surface area contributed by atoms with E-state index >= 15 is 0 Å². The quantitative estimate of drug-likeness (QED) is 0.842. The largest absolute Gasteiger partial charge is 0.320 e. The number of amides is 2. The van der Waals surface area contributed by atoms with E-state index in [1.807, 2.05) is 34.1 Å². The molecule has 0 aliphatic carbocycles. The Morgan fingerprint density at radius 2 is 1.63 bits per heavy atom. The topological polar surface area (TPSA) is 50.6 Å². The Hall–Kier alpha value is -2.84. The SMILES string of the molecule is Cc1ccc(CN2C[C@H]3CN(Cc4ccc(C#N)cc4)CCN3C2=O)cc1. The first-order valence-corrected chi connectivity index (χ1v) is 9.45. The highest BCUT2D eigenvalue weighted by atomic mass is 16.2. The minimum absolute atomic E-state index is 0.165. The Bertz CT molecular complexity index is 853. The Balaban J connectivity index is 1.37. The van der Waals surface area contributed by atoms with E-state index in [9.17, 15) is 4.79 Å². The van der Waals surface area contributed by atoms with Crippen molar-refractivity contribution in [3.05, 3.63) is 70.8 Å². The van der Waals surface area contributed by atoms with Gasteiger partial charge in [0.15, 0.2) is 0 Å². The van der Waals surface area contributed by atoms with Crippen LogP contribution in [0.5, 0.6) is 0 Å². The molecule has 0 aromatic heterocycles. The van der Waals surface area contributed by atoms with Gasteiger partial charge in [0, 0.05) is 39.3 Å². The fourth-order valence-corrected chi connectivity index (χ4v) is 3.97. The molecule has 4 rings (SSSR count). The molecular formula is C22H24N4O. The van der Waals surface area contributed by atoms with Crippen molar-refractivity contribution < 1.29 is 4.79 Å². The maximum atomic E-state index is 12.7. The lowest BCUT2D eigenvalue weighted by molar-refractivity contribution is 0.116. The third-order valence-corrected chi connectivity index (χ3v) is 5.50. The molecule has 2 aromatic rings. The zero-order chi connectivity index (χ0) is 18.8. The maximum Gasteiger partial charge on any atom is 0.320 e. The van der Waals surface area contributed by atoms with E-state index in [0.29, 0.717) is 12.1 Å². The van der Waals surface area contributed by atoms with Crippen molar-refractivity contribution in [3.63, 3.8) is 0 Å². The van der Waals surface area contributed by atoms with Crippen LogP contribution >= 0.6 is 0 Å². The van der Waals surface area contributed by atoms with Crippen molar-refractivity contribution in [2.45, 2.75) is 26.1 Å². The van der Waals surface area contributed by atoms with Gasteiger partial charge in [0.2, 0.25) is 0 Å². The van der Waals surface area contributed by atoms with Gasteiger partial charge in [-0.2, -0.15) is 5.26 Å². The molecule has 0 saturated carbocycles. The molecule has 2 heterocycles. The molecule has 0 radical (unpaired) electrons. The molecule has 5 nitrogen and oxygen atoms in total. The lowest BCUT2D eigenvalue weighted by Crippen LogP contribution is -2.51. The molecule has 2 aliphatic heterocycles. The van der Waals surface area contributed by atoms with Crippen molar-refractivity contribution in [3.8, 4) is 6.07 Å². The van der Waals surface area contributed by atoms with E-state index in [-0.39, 0.29) is 12.1 Å². The summed E-state index contributed by atoms with van der Waals surface area (Å²) in [6.45, 7) is 6.98. The number of urea groups is 1. The third kappa shape index (κ3) is 3.81. The Kier molecular flexibility index (Phi) is 4.83. The Morgan fingerprint density at radius 3 is 2.33 bits per heavy atom. The van der Waals surface area contributed by atoms with Crippen molar-refractivity contribution in [2.24, 2.45) is 0 Å². The highest BCUT2D eigenvalue weighted by Gasteiger charge is 2.40. The van der Waals surface area contributed by atoms with Crippen LogP contribution in [-0.2, 0) is 13.1 Å². The van der Waals surface area contributed by atoms with Gasteiger partial charge in [0.05, 0.1) is 17.7 Å². The van der Waals surface area contributed by atoms with Gasteiger partial charge in [-0.15, -0.1) is 0 Å². The summed E-state index contributed by atoms with van der Waals surface area (Å²) in [4.78, 5) is 19.2. The summed E-state index contributed by atoms with van der Waals surface area (Å²) in [5.41, 5.74) is 4.32. The Morgan fingerprint density at radius 1 is 0.963 bits per heavy atom. The predicted octanol–water partition coefficient (Wildman–Crippen LogP) is 2.99. The van der Waals surface area contributed by atoms with Gasteiger partial charge in [-0.05, 0) is 30.2 Å². The minimum atomic E-state index is 0.165. The monoisotopic (exact) mass is 360 g/mol. The number of carbonyl (C=O) groups excluding carboxylic acids is 1. The molecule has 0 N–H and O–H groups in total. The summed E-state index contributed by atoms with van der Waals surface area (Å²) in [6, 6.07) is 18.8. The standard InChI is InChI=1S/C22H24N4O/c1-17-2-4-20(5-3-17)14-25-16-21-15-24(10-11-26(21)22(25)27)13-19-8-6-18(12-23)7-9-19/h2-9,21H,10-11,13-16H2,1H3/t21-/m1/s1. The van der Waals surface area contributed by atoms with Gasteiger partial charge in [0.25, 0.3) is 0 Å². The fourth-order valence-electron chi connectivity index (χ4n) is 3.97. The number of fused-ring (bicyclic) bond motifs is 1. The van der Waals surface area contributed by atoms with Crippen molar-refractivity contribution in [1.82, 2.24) is 14.7 Å². The van der Waals surface area contributed by atoms with E-state index in [2.05, 4.69) is 42.2 Å². The maximum absolute atomic E-state index is 12.7. The normalized spacial score (nSPS) is 19.9. The zero-order valence-electron chi connectivity index (χ0n) is 15.6. The summed E-state index contributed by atoms with van der Waals surface area (Å²) in [5.74, 6) is 0. The average Bonchev–Trinajstić information content (AvgIpc) is 2.99. The Labute approximate surface area is 160 Å². The van der Waals surface area contributed by atoms with Crippen LogP contribution in [0, 0.1) is 18.3 Å². The van der Waals surface area contributed by atoms with Gasteiger partial charge in [-0.1, -0.05) is 42.0 Å². The molecule has 27 heavy (non-hydrogen) atoms. The molecular weight excluding hydrogens is 336 g/mol. The predicted molar refractivity (Wildman–Crippen MR) is 104 cm³/mol. The molecule has 2 saturated heterocycles. The zero-order valence-corrected chi connectivity index (χ0v) is 15.6. The third-order valence-electron chi connectivity index (χ3n) is 5.50. The van der Waals surface area contributed by atoms with Gasteiger partial charge >= 0.3 is 6.03 Å².